The fraction of sp³-hybridized carbons (Fsp3) is 0.105. The number of halogens is 1. The van der Waals surface area contributed by atoms with E-state index in [1.807, 2.05) is 42.5 Å². The first-order valence-corrected chi connectivity index (χ1v) is 8.97. The molecule has 0 aromatic heterocycles. The van der Waals surface area contributed by atoms with Crippen molar-refractivity contribution in [2.24, 2.45) is 4.99 Å². The zero-order chi connectivity index (χ0) is 18.5. The molecule has 5 nitrogen and oxygen atoms in total. The Labute approximate surface area is 160 Å². The van der Waals surface area contributed by atoms with E-state index in [-0.39, 0.29) is 17.0 Å². The number of aliphatic imine (C=N–C) groups is 1. The number of hydrogen-bond donors (Lipinski definition) is 1. The number of ether oxygens (including phenoxy) is 1. The van der Waals surface area contributed by atoms with Crippen molar-refractivity contribution in [3.63, 3.8) is 0 Å². The summed E-state index contributed by atoms with van der Waals surface area (Å²) in [5.41, 5.74) is 1.70. The van der Waals surface area contributed by atoms with E-state index in [0.717, 1.165) is 22.9 Å². The quantitative estimate of drug-likeness (QED) is 0.805. The minimum absolute atomic E-state index is 0.268. The van der Waals surface area contributed by atoms with Crippen LogP contribution in [-0.2, 0) is 16.2 Å². The molecule has 0 unspecified atom stereocenters. The third kappa shape index (κ3) is 4.74. The maximum Gasteiger partial charge on any atom is 0.286 e. The van der Waals surface area contributed by atoms with Gasteiger partial charge in [-0.05, 0) is 41.6 Å². The number of benzene rings is 2. The summed E-state index contributed by atoms with van der Waals surface area (Å²) in [7, 11) is 0. The lowest BCUT2D eigenvalue weighted by atomic mass is 10.2. The molecular weight excluding hydrogens is 372 g/mol. The van der Waals surface area contributed by atoms with Crippen molar-refractivity contribution in [1.29, 1.82) is 0 Å². The lowest BCUT2D eigenvalue weighted by molar-refractivity contribution is -0.117. The maximum atomic E-state index is 12.0. The van der Waals surface area contributed by atoms with Crippen molar-refractivity contribution < 1.29 is 14.3 Å². The van der Waals surface area contributed by atoms with Crippen LogP contribution in [0, 0.1) is 0 Å². The predicted octanol–water partition coefficient (Wildman–Crippen LogP) is 4.03. The molecule has 0 spiro atoms. The molecule has 0 bridgehead atoms. The smallest absolute Gasteiger partial charge is 0.286 e. The molecule has 2 aromatic carbocycles. The SMILES string of the molecule is CC(=O)NC1=NC(=O)/C(=C\c2ccccc2OCc2cccc(Cl)c2)S1. The Morgan fingerprint density at radius 1 is 1.27 bits per heavy atom. The highest BCUT2D eigenvalue weighted by Gasteiger charge is 2.22. The second-order valence-electron chi connectivity index (χ2n) is 5.47. The number of amidine groups is 1. The summed E-state index contributed by atoms with van der Waals surface area (Å²) in [4.78, 5) is 27.4. The van der Waals surface area contributed by atoms with E-state index in [1.54, 1.807) is 12.1 Å². The molecule has 0 fully saturated rings. The topological polar surface area (TPSA) is 67.8 Å². The second kappa shape index (κ2) is 8.21. The Kier molecular flexibility index (Phi) is 5.75. The number of para-hydroxylation sites is 1. The molecule has 0 saturated carbocycles. The monoisotopic (exact) mass is 386 g/mol. The van der Waals surface area contributed by atoms with Crippen LogP contribution in [0.4, 0.5) is 0 Å². The molecule has 132 valence electrons. The van der Waals surface area contributed by atoms with Crippen molar-refractivity contribution in [2.45, 2.75) is 13.5 Å². The summed E-state index contributed by atoms with van der Waals surface area (Å²) in [5, 5.41) is 3.46. The van der Waals surface area contributed by atoms with Crippen LogP contribution in [0.25, 0.3) is 6.08 Å². The Balaban J connectivity index is 1.75. The third-order valence-electron chi connectivity index (χ3n) is 3.39. The number of nitrogens with zero attached hydrogens (tertiary/aromatic N) is 1. The molecule has 1 N–H and O–H groups in total. The summed E-state index contributed by atoms with van der Waals surface area (Å²) < 4.78 is 5.88. The lowest BCUT2D eigenvalue weighted by Gasteiger charge is -2.10. The van der Waals surface area contributed by atoms with Gasteiger partial charge in [-0.15, -0.1) is 0 Å². The largest absolute Gasteiger partial charge is 0.488 e. The first-order valence-electron chi connectivity index (χ1n) is 7.78. The van der Waals surface area contributed by atoms with Gasteiger partial charge in [0.25, 0.3) is 5.91 Å². The van der Waals surface area contributed by atoms with E-state index >= 15 is 0 Å². The summed E-state index contributed by atoms with van der Waals surface area (Å²) in [6, 6.07) is 14.8. The van der Waals surface area contributed by atoms with E-state index in [1.165, 1.54) is 6.92 Å². The van der Waals surface area contributed by atoms with Gasteiger partial charge in [0.1, 0.15) is 12.4 Å². The number of amides is 2. The van der Waals surface area contributed by atoms with Crippen LogP contribution in [0.1, 0.15) is 18.1 Å². The molecule has 0 saturated heterocycles. The Bertz CT molecular complexity index is 925. The van der Waals surface area contributed by atoms with Gasteiger partial charge in [0, 0.05) is 17.5 Å². The normalized spacial score (nSPS) is 15.1. The van der Waals surface area contributed by atoms with Gasteiger partial charge in [-0.2, -0.15) is 4.99 Å². The van der Waals surface area contributed by atoms with Crippen LogP contribution < -0.4 is 10.1 Å². The van der Waals surface area contributed by atoms with Crippen LogP contribution in [0.15, 0.2) is 58.4 Å². The van der Waals surface area contributed by atoms with Crippen molar-refractivity contribution in [2.75, 3.05) is 0 Å². The highest BCUT2D eigenvalue weighted by atomic mass is 35.5. The molecule has 0 radical (unpaired) electrons. The first kappa shape index (κ1) is 18.2. The molecule has 2 amide bonds. The number of hydrogen-bond acceptors (Lipinski definition) is 4. The summed E-state index contributed by atoms with van der Waals surface area (Å²) in [6.07, 6.45) is 1.71. The van der Waals surface area contributed by atoms with Gasteiger partial charge in [0.15, 0.2) is 5.17 Å². The zero-order valence-corrected chi connectivity index (χ0v) is 15.4. The van der Waals surface area contributed by atoms with Crippen molar-refractivity contribution >= 4 is 46.4 Å². The summed E-state index contributed by atoms with van der Waals surface area (Å²) >= 11 is 7.11. The average molecular weight is 387 g/mol. The molecular formula is C19H15ClN2O3S. The van der Waals surface area contributed by atoms with Crippen LogP contribution in [0.3, 0.4) is 0 Å². The fourth-order valence-corrected chi connectivity index (χ4v) is 3.34. The molecule has 26 heavy (non-hydrogen) atoms. The fourth-order valence-electron chi connectivity index (χ4n) is 2.27. The van der Waals surface area contributed by atoms with E-state index in [2.05, 4.69) is 10.3 Å². The average Bonchev–Trinajstić information content (AvgIpc) is 2.92. The van der Waals surface area contributed by atoms with E-state index in [4.69, 9.17) is 16.3 Å². The van der Waals surface area contributed by atoms with Gasteiger partial charge in [0.2, 0.25) is 5.91 Å². The van der Waals surface area contributed by atoms with Crippen LogP contribution >= 0.6 is 23.4 Å². The van der Waals surface area contributed by atoms with Crippen molar-refractivity contribution in [3.05, 3.63) is 69.6 Å². The zero-order valence-electron chi connectivity index (χ0n) is 13.9. The van der Waals surface area contributed by atoms with Crippen LogP contribution in [0.5, 0.6) is 5.75 Å². The maximum absolute atomic E-state index is 12.0. The standard InChI is InChI=1S/C19H15ClN2O3S/c1-12(23)21-19-22-18(24)17(26-19)10-14-6-2-3-8-16(14)25-11-13-5-4-7-15(20)9-13/h2-10H,11H2,1H3,(H,21,22,23,24)/b17-10+. The van der Waals surface area contributed by atoms with Gasteiger partial charge in [-0.1, -0.05) is 41.9 Å². The number of carbonyl (C=O) groups excluding carboxylic acids is 2. The minimum Gasteiger partial charge on any atom is -0.488 e. The highest BCUT2D eigenvalue weighted by molar-refractivity contribution is 8.18. The predicted molar refractivity (Wildman–Crippen MR) is 104 cm³/mol. The van der Waals surface area contributed by atoms with E-state index in [0.29, 0.717) is 22.3 Å². The molecule has 7 heteroatoms. The minimum atomic E-state index is -0.386. The van der Waals surface area contributed by atoms with Gasteiger partial charge in [-0.3, -0.25) is 9.59 Å². The molecule has 2 aromatic rings. The molecule has 1 aliphatic heterocycles. The summed E-state index contributed by atoms with van der Waals surface area (Å²) in [5.74, 6) is -0.0136. The number of thioether (sulfide) groups is 1. The number of carbonyl (C=O) groups is 2. The molecule has 3 rings (SSSR count). The first-order chi connectivity index (χ1) is 12.5. The molecule has 1 aliphatic rings. The molecule has 1 heterocycles. The lowest BCUT2D eigenvalue weighted by Crippen LogP contribution is -2.23. The van der Waals surface area contributed by atoms with Crippen LogP contribution in [-0.4, -0.2) is 17.0 Å². The highest BCUT2D eigenvalue weighted by Crippen LogP contribution is 2.30. The van der Waals surface area contributed by atoms with Gasteiger partial charge in [-0.25, -0.2) is 0 Å². The second-order valence-corrected chi connectivity index (χ2v) is 6.94. The van der Waals surface area contributed by atoms with Crippen LogP contribution in [0.2, 0.25) is 5.02 Å². The number of nitrogens with one attached hydrogen (secondary N) is 1. The Morgan fingerprint density at radius 3 is 2.85 bits per heavy atom. The van der Waals surface area contributed by atoms with Gasteiger partial charge in [0.05, 0.1) is 4.91 Å². The number of rotatable bonds is 4. The molecule has 0 aliphatic carbocycles. The Hall–Kier alpha value is -2.57. The Morgan fingerprint density at radius 2 is 2.08 bits per heavy atom. The third-order valence-corrected chi connectivity index (χ3v) is 4.53. The molecule has 0 atom stereocenters. The van der Waals surface area contributed by atoms with Gasteiger partial charge < -0.3 is 10.1 Å². The van der Waals surface area contributed by atoms with Crippen molar-refractivity contribution in [1.82, 2.24) is 5.32 Å². The van der Waals surface area contributed by atoms with E-state index in [9.17, 15) is 9.59 Å². The van der Waals surface area contributed by atoms with Crippen molar-refractivity contribution in [3.8, 4) is 5.75 Å². The van der Waals surface area contributed by atoms with E-state index < -0.39 is 0 Å². The van der Waals surface area contributed by atoms with Gasteiger partial charge >= 0.3 is 0 Å². The summed E-state index contributed by atoms with van der Waals surface area (Å²) in [6.45, 7) is 1.73.